The van der Waals surface area contributed by atoms with Gasteiger partial charge in [-0.3, -0.25) is 4.79 Å². The Hall–Kier alpha value is -3.67. The number of nitrogens with zero attached hydrogens (tertiary/aromatic N) is 1. The summed E-state index contributed by atoms with van der Waals surface area (Å²) >= 11 is 0. The fraction of sp³-hybridized carbons (Fsp3) is 0.136. The lowest BCUT2D eigenvalue weighted by molar-refractivity contribution is 0.0600. The van der Waals surface area contributed by atoms with Crippen LogP contribution in [0.1, 0.15) is 32.0 Å². The van der Waals surface area contributed by atoms with Gasteiger partial charge in [0.2, 0.25) is 0 Å². The fourth-order valence-corrected chi connectivity index (χ4v) is 2.56. The van der Waals surface area contributed by atoms with Gasteiger partial charge in [0, 0.05) is 12.2 Å². The number of aromatic nitrogens is 1. The molecule has 0 fully saturated rings. The van der Waals surface area contributed by atoms with Crippen LogP contribution in [0.15, 0.2) is 66.9 Å². The van der Waals surface area contributed by atoms with Crippen molar-refractivity contribution >= 4 is 23.3 Å². The zero-order valence-electron chi connectivity index (χ0n) is 15.7. The van der Waals surface area contributed by atoms with Crippen LogP contribution in [0.2, 0.25) is 0 Å². The topological polar surface area (TPSA) is 80.3 Å². The molecular weight excluding hydrogens is 354 g/mol. The van der Waals surface area contributed by atoms with Crippen LogP contribution in [-0.4, -0.2) is 24.0 Å². The van der Waals surface area contributed by atoms with Gasteiger partial charge in [-0.15, -0.1) is 0 Å². The molecule has 142 valence electrons. The Morgan fingerprint density at radius 2 is 1.61 bits per heavy atom. The van der Waals surface area contributed by atoms with Crippen LogP contribution in [0.4, 0.5) is 11.4 Å². The van der Waals surface area contributed by atoms with Gasteiger partial charge in [-0.05, 0) is 48.9 Å². The van der Waals surface area contributed by atoms with Gasteiger partial charge in [-0.25, -0.2) is 9.78 Å². The van der Waals surface area contributed by atoms with Crippen LogP contribution < -0.4 is 10.6 Å². The number of pyridine rings is 1. The highest BCUT2D eigenvalue weighted by molar-refractivity contribution is 5.92. The molecule has 0 spiro atoms. The van der Waals surface area contributed by atoms with E-state index >= 15 is 0 Å². The van der Waals surface area contributed by atoms with Crippen molar-refractivity contribution in [2.75, 3.05) is 12.4 Å². The summed E-state index contributed by atoms with van der Waals surface area (Å²) in [6, 6.07) is 18.3. The van der Waals surface area contributed by atoms with E-state index in [-0.39, 0.29) is 11.9 Å². The second-order valence-corrected chi connectivity index (χ2v) is 6.29. The molecule has 6 nitrogen and oxygen atoms in total. The molecular formula is C22H21N3O3. The minimum atomic E-state index is -0.380. The van der Waals surface area contributed by atoms with Gasteiger partial charge in [-0.1, -0.05) is 29.8 Å². The van der Waals surface area contributed by atoms with Crippen LogP contribution in [0.5, 0.6) is 0 Å². The molecule has 6 heteroatoms. The summed E-state index contributed by atoms with van der Waals surface area (Å²) in [5.74, 6) is -0.608. The molecule has 0 radical (unpaired) electrons. The number of nitrogens with one attached hydrogen (secondary N) is 2. The molecule has 3 rings (SSSR count). The van der Waals surface area contributed by atoms with E-state index in [4.69, 9.17) is 0 Å². The number of carbonyl (C=O) groups is 2. The molecule has 28 heavy (non-hydrogen) atoms. The number of aryl methyl sites for hydroxylation is 1. The van der Waals surface area contributed by atoms with Crippen molar-refractivity contribution in [2.24, 2.45) is 0 Å². The summed E-state index contributed by atoms with van der Waals surface area (Å²) < 4.78 is 4.68. The van der Waals surface area contributed by atoms with Crippen LogP contribution in [0.3, 0.4) is 0 Å². The van der Waals surface area contributed by atoms with Crippen molar-refractivity contribution in [1.29, 1.82) is 0 Å². The predicted molar refractivity (Wildman–Crippen MR) is 108 cm³/mol. The summed E-state index contributed by atoms with van der Waals surface area (Å²) in [5, 5.41) is 6.03. The first-order valence-corrected chi connectivity index (χ1v) is 8.80. The van der Waals surface area contributed by atoms with E-state index in [2.05, 4.69) is 20.4 Å². The second-order valence-electron chi connectivity index (χ2n) is 6.29. The van der Waals surface area contributed by atoms with Crippen molar-refractivity contribution in [3.8, 4) is 0 Å². The maximum absolute atomic E-state index is 12.2. The number of carbonyl (C=O) groups excluding carboxylic acids is 2. The smallest absolute Gasteiger partial charge is 0.337 e. The summed E-state index contributed by atoms with van der Waals surface area (Å²) in [7, 11) is 1.35. The lowest BCUT2D eigenvalue weighted by Gasteiger charge is -2.08. The molecule has 0 aliphatic rings. The van der Waals surface area contributed by atoms with Gasteiger partial charge in [-0.2, -0.15) is 0 Å². The third kappa shape index (κ3) is 4.94. The third-order valence-electron chi connectivity index (χ3n) is 4.16. The molecule has 0 saturated heterocycles. The van der Waals surface area contributed by atoms with E-state index in [0.717, 1.165) is 16.9 Å². The normalized spacial score (nSPS) is 10.2. The molecule has 0 bridgehead atoms. The number of hydrogen-bond acceptors (Lipinski definition) is 5. The Kier molecular flexibility index (Phi) is 6.01. The lowest BCUT2D eigenvalue weighted by Crippen LogP contribution is -2.23. The highest BCUT2D eigenvalue weighted by Gasteiger charge is 2.08. The predicted octanol–water partition coefficient (Wildman–Crippen LogP) is 3.85. The lowest BCUT2D eigenvalue weighted by atomic mass is 10.1. The summed E-state index contributed by atoms with van der Waals surface area (Å²) in [6.45, 7) is 2.47. The molecule has 0 saturated carbocycles. The van der Waals surface area contributed by atoms with E-state index < -0.39 is 0 Å². The minimum Gasteiger partial charge on any atom is -0.465 e. The van der Waals surface area contributed by atoms with Crippen LogP contribution in [0, 0.1) is 6.92 Å². The van der Waals surface area contributed by atoms with E-state index in [9.17, 15) is 9.59 Å². The Morgan fingerprint density at radius 3 is 2.21 bits per heavy atom. The minimum absolute atomic E-state index is 0.227. The first-order chi connectivity index (χ1) is 13.5. The third-order valence-corrected chi connectivity index (χ3v) is 4.16. The number of esters is 1. The highest BCUT2D eigenvalue weighted by atomic mass is 16.5. The van der Waals surface area contributed by atoms with Crippen LogP contribution >= 0.6 is 0 Å². The molecule has 1 aromatic heterocycles. The molecule has 2 aromatic carbocycles. The molecule has 0 aliphatic heterocycles. The van der Waals surface area contributed by atoms with Crippen molar-refractivity contribution < 1.29 is 14.3 Å². The monoisotopic (exact) mass is 375 g/mol. The molecule has 0 atom stereocenters. The number of benzene rings is 2. The average molecular weight is 375 g/mol. The maximum atomic E-state index is 12.2. The number of ether oxygens (including phenoxy) is 1. The summed E-state index contributed by atoms with van der Waals surface area (Å²) in [4.78, 5) is 27.9. The summed E-state index contributed by atoms with van der Waals surface area (Å²) in [6.07, 6.45) is 1.59. The molecule has 1 heterocycles. The largest absolute Gasteiger partial charge is 0.465 e. The van der Waals surface area contributed by atoms with Crippen LogP contribution in [-0.2, 0) is 11.3 Å². The Morgan fingerprint density at radius 1 is 0.929 bits per heavy atom. The van der Waals surface area contributed by atoms with Gasteiger partial charge < -0.3 is 15.4 Å². The first kappa shape index (κ1) is 19.1. The first-order valence-electron chi connectivity index (χ1n) is 8.80. The van der Waals surface area contributed by atoms with Gasteiger partial charge in [0.25, 0.3) is 5.91 Å². The van der Waals surface area contributed by atoms with E-state index in [0.29, 0.717) is 17.8 Å². The van der Waals surface area contributed by atoms with E-state index in [1.807, 2.05) is 31.2 Å². The quantitative estimate of drug-likeness (QED) is 0.640. The van der Waals surface area contributed by atoms with Gasteiger partial charge >= 0.3 is 5.97 Å². The molecule has 3 aromatic rings. The zero-order valence-corrected chi connectivity index (χ0v) is 15.7. The maximum Gasteiger partial charge on any atom is 0.337 e. The Balaban J connectivity index is 1.57. The number of hydrogen-bond donors (Lipinski definition) is 2. The summed E-state index contributed by atoms with van der Waals surface area (Å²) in [5.41, 5.74) is 4.57. The molecule has 2 N–H and O–H groups in total. The number of amides is 1. The highest BCUT2D eigenvalue weighted by Crippen LogP contribution is 2.17. The number of anilines is 2. The SMILES string of the molecule is COC(=O)c1ccc(Nc2ccc(C(=O)NCc3ccc(C)cc3)nc2)cc1. The van der Waals surface area contributed by atoms with Crippen molar-refractivity contribution in [3.63, 3.8) is 0 Å². The molecule has 1 amide bonds. The number of methoxy groups -OCH3 is 1. The average Bonchev–Trinajstić information content (AvgIpc) is 2.73. The van der Waals surface area contributed by atoms with Gasteiger partial charge in [0.15, 0.2) is 0 Å². The van der Waals surface area contributed by atoms with Gasteiger partial charge in [0.1, 0.15) is 5.69 Å². The van der Waals surface area contributed by atoms with Crippen molar-refractivity contribution in [2.45, 2.75) is 13.5 Å². The standard InChI is InChI=1S/C22H21N3O3/c1-15-3-5-16(6-4-15)13-24-21(26)20-12-11-19(14-23-20)25-18-9-7-17(8-10-18)22(27)28-2/h3-12,14,25H,13H2,1-2H3,(H,24,26). The van der Waals surface area contributed by atoms with Crippen molar-refractivity contribution in [3.05, 3.63) is 89.2 Å². The van der Waals surface area contributed by atoms with Crippen molar-refractivity contribution in [1.82, 2.24) is 10.3 Å². The fourth-order valence-electron chi connectivity index (χ4n) is 2.56. The van der Waals surface area contributed by atoms with Crippen LogP contribution in [0.25, 0.3) is 0 Å². The second kappa shape index (κ2) is 8.81. The Labute approximate surface area is 163 Å². The van der Waals surface area contributed by atoms with E-state index in [1.54, 1.807) is 42.6 Å². The van der Waals surface area contributed by atoms with Gasteiger partial charge in [0.05, 0.1) is 24.6 Å². The molecule has 0 aliphatic carbocycles. The zero-order chi connectivity index (χ0) is 19.9. The molecule has 0 unspecified atom stereocenters. The van der Waals surface area contributed by atoms with E-state index in [1.165, 1.54) is 12.7 Å². The number of rotatable bonds is 6. The Bertz CT molecular complexity index is 950.